The highest BCUT2D eigenvalue weighted by Gasteiger charge is 2.57. The summed E-state index contributed by atoms with van der Waals surface area (Å²) in [6, 6.07) is 3.34. The predicted molar refractivity (Wildman–Crippen MR) is 99.0 cm³/mol. The second-order valence-corrected chi connectivity index (χ2v) is 10.0. The topological polar surface area (TPSA) is 125 Å². The Morgan fingerprint density at radius 1 is 1.35 bits per heavy atom. The second kappa shape index (κ2) is 7.87. The molecule has 1 aromatic rings. The molecule has 1 N–H and O–H groups in total. The molecule has 8 nitrogen and oxygen atoms in total. The number of hydrogen-bond donors (Lipinski definition) is 1. The number of nitriles is 1. The van der Waals surface area contributed by atoms with Crippen molar-refractivity contribution in [2.45, 2.75) is 41.6 Å². The summed E-state index contributed by atoms with van der Waals surface area (Å²) >= 11 is 5.96. The van der Waals surface area contributed by atoms with Crippen molar-refractivity contribution in [1.82, 2.24) is 4.90 Å². The predicted octanol–water partition coefficient (Wildman–Crippen LogP) is 2.41. The van der Waals surface area contributed by atoms with Gasteiger partial charge in [0.25, 0.3) is 0 Å². The molecule has 1 aliphatic carbocycles. The van der Waals surface area contributed by atoms with Crippen LogP contribution >= 0.6 is 11.6 Å². The molecule has 1 heterocycles. The van der Waals surface area contributed by atoms with Crippen LogP contribution < -0.4 is 4.74 Å². The quantitative estimate of drug-likeness (QED) is 0.662. The summed E-state index contributed by atoms with van der Waals surface area (Å²) in [4.78, 5) is 24.8. The van der Waals surface area contributed by atoms with Gasteiger partial charge in [0, 0.05) is 12.6 Å². The molecule has 31 heavy (non-hydrogen) atoms. The van der Waals surface area contributed by atoms with Gasteiger partial charge in [0.15, 0.2) is 16.4 Å². The molecule has 0 bridgehead atoms. The molecule has 1 aromatic carbocycles. The molecule has 0 spiro atoms. The Morgan fingerprint density at radius 3 is 2.48 bits per heavy atom. The number of benzene rings is 1. The zero-order chi connectivity index (χ0) is 23.2. The third-order valence-electron chi connectivity index (χ3n) is 5.23. The number of amides is 1. The highest BCUT2D eigenvalue weighted by Crippen LogP contribution is 2.48. The number of carbonyl (C=O) groups excluding carboxylic acids is 1. The highest BCUT2D eigenvalue weighted by molar-refractivity contribution is 7.92. The lowest BCUT2D eigenvalue weighted by atomic mass is 10.1. The van der Waals surface area contributed by atoms with Gasteiger partial charge in [0.05, 0.1) is 21.2 Å². The van der Waals surface area contributed by atoms with Crippen LogP contribution in [0.15, 0.2) is 23.1 Å². The standard InChI is InChI=1S/C18H16ClF3N2O6S/c19-12-5-10(30-9-18(20,21)22)1-2-14(12)31(28,29)11-6-13(15(25)26)24(7-11)16(27)17(8-23)3-4-17/h1-2,5,11,13H,3-4,6-7,9H2,(H,25,26)/t11-,13+/m1/s1. The summed E-state index contributed by atoms with van der Waals surface area (Å²) in [6.45, 7) is -2.03. The number of carbonyl (C=O) groups is 2. The molecule has 2 aliphatic rings. The smallest absolute Gasteiger partial charge is 0.422 e. The molecule has 1 saturated heterocycles. The highest BCUT2D eigenvalue weighted by atomic mass is 35.5. The first-order valence-electron chi connectivity index (χ1n) is 8.99. The molecule has 1 aliphatic heterocycles. The number of hydrogen-bond acceptors (Lipinski definition) is 6. The maximum absolute atomic E-state index is 13.1. The number of likely N-dealkylation sites (tertiary alicyclic amines) is 1. The van der Waals surface area contributed by atoms with Gasteiger partial charge < -0.3 is 14.7 Å². The molecule has 13 heteroatoms. The first-order chi connectivity index (χ1) is 14.3. The minimum atomic E-state index is -4.59. The molecule has 1 saturated carbocycles. The first-order valence-corrected chi connectivity index (χ1v) is 10.9. The van der Waals surface area contributed by atoms with Crippen LogP contribution in [0.25, 0.3) is 0 Å². The van der Waals surface area contributed by atoms with Crippen molar-refractivity contribution < 1.29 is 41.0 Å². The average Bonchev–Trinajstić information content (AvgIpc) is 3.34. The van der Waals surface area contributed by atoms with E-state index in [1.54, 1.807) is 0 Å². The maximum atomic E-state index is 13.1. The number of sulfone groups is 1. The van der Waals surface area contributed by atoms with Crippen LogP contribution in [0, 0.1) is 16.7 Å². The largest absolute Gasteiger partial charge is 0.484 e. The fourth-order valence-electron chi connectivity index (χ4n) is 3.40. The van der Waals surface area contributed by atoms with E-state index in [0.717, 1.165) is 23.1 Å². The fourth-order valence-corrected chi connectivity index (χ4v) is 5.63. The number of rotatable bonds is 6. The van der Waals surface area contributed by atoms with Crippen molar-refractivity contribution in [2.75, 3.05) is 13.2 Å². The molecule has 1 amide bonds. The normalized spacial score (nSPS) is 22.6. The number of aliphatic carboxylic acids is 1. The van der Waals surface area contributed by atoms with E-state index < -0.39 is 74.1 Å². The Balaban J connectivity index is 1.84. The van der Waals surface area contributed by atoms with E-state index in [9.17, 15) is 41.5 Å². The third kappa shape index (κ3) is 4.57. The van der Waals surface area contributed by atoms with Gasteiger partial charge in [-0.1, -0.05) is 11.6 Å². The summed E-state index contributed by atoms with van der Waals surface area (Å²) in [6.07, 6.45) is -4.46. The molecule has 0 unspecified atom stereocenters. The lowest BCUT2D eigenvalue weighted by Crippen LogP contribution is -2.44. The van der Waals surface area contributed by atoms with Gasteiger partial charge in [-0.05, 0) is 31.4 Å². The third-order valence-corrected chi connectivity index (χ3v) is 7.85. The number of ether oxygens (including phenoxy) is 1. The van der Waals surface area contributed by atoms with Crippen molar-refractivity contribution >= 4 is 33.3 Å². The molecule has 168 valence electrons. The molecule has 0 aromatic heterocycles. The molecular formula is C18H16ClF3N2O6S. The number of carboxylic acids is 1. The van der Waals surface area contributed by atoms with Crippen LogP contribution in [0.1, 0.15) is 19.3 Å². The van der Waals surface area contributed by atoms with Gasteiger partial charge in [-0.25, -0.2) is 13.2 Å². The van der Waals surface area contributed by atoms with Crippen LogP contribution in [0.3, 0.4) is 0 Å². The summed E-state index contributed by atoms with van der Waals surface area (Å²) in [5.74, 6) is -2.42. The van der Waals surface area contributed by atoms with Crippen molar-refractivity contribution in [3.63, 3.8) is 0 Å². The average molecular weight is 481 g/mol. The Morgan fingerprint density at radius 2 is 2.00 bits per heavy atom. The van der Waals surface area contributed by atoms with Crippen LogP contribution in [0.4, 0.5) is 13.2 Å². The molecular weight excluding hydrogens is 465 g/mol. The lowest BCUT2D eigenvalue weighted by Gasteiger charge is -2.23. The van der Waals surface area contributed by atoms with Crippen molar-refractivity contribution in [2.24, 2.45) is 5.41 Å². The minimum Gasteiger partial charge on any atom is -0.484 e. The number of carboxylic acid groups (broad SMARTS) is 1. The van der Waals surface area contributed by atoms with E-state index in [0.29, 0.717) is 0 Å². The van der Waals surface area contributed by atoms with E-state index in [1.807, 2.05) is 6.07 Å². The van der Waals surface area contributed by atoms with E-state index in [1.165, 1.54) is 0 Å². The SMILES string of the molecule is N#CC1(C(=O)N2C[C@H](S(=O)(=O)c3ccc(OCC(F)(F)F)cc3Cl)C[C@H]2C(=O)O)CC1. The van der Waals surface area contributed by atoms with Crippen molar-refractivity contribution in [1.29, 1.82) is 5.26 Å². The summed E-state index contributed by atoms with van der Waals surface area (Å²) in [5, 5.41) is 17.0. The number of alkyl halides is 3. The molecule has 2 fully saturated rings. The van der Waals surface area contributed by atoms with Crippen LogP contribution in [0.5, 0.6) is 5.75 Å². The minimum absolute atomic E-state index is 0.272. The molecule has 3 rings (SSSR count). The summed E-state index contributed by atoms with van der Waals surface area (Å²) in [7, 11) is -4.24. The fraction of sp³-hybridized carbons (Fsp3) is 0.500. The lowest BCUT2D eigenvalue weighted by molar-refractivity contribution is -0.153. The molecule has 0 radical (unpaired) electrons. The van der Waals surface area contributed by atoms with E-state index in [-0.39, 0.29) is 18.6 Å². The summed E-state index contributed by atoms with van der Waals surface area (Å²) in [5.41, 5.74) is -1.32. The Kier molecular flexibility index (Phi) is 5.88. The van der Waals surface area contributed by atoms with Gasteiger partial charge in [0.1, 0.15) is 17.2 Å². The Hall–Kier alpha value is -2.52. The molecule has 2 atom stereocenters. The summed E-state index contributed by atoms with van der Waals surface area (Å²) < 4.78 is 67.5. The van der Waals surface area contributed by atoms with Gasteiger partial charge in [-0.2, -0.15) is 18.4 Å². The second-order valence-electron chi connectivity index (χ2n) is 7.40. The zero-order valence-electron chi connectivity index (χ0n) is 15.7. The maximum Gasteiger partial charge on any atom is 0.422 e. The van der Waals surface area contributed by atoms with Gasteiger partial charge in [-0.3, -0.25) is 4.79 Å². The number of halogens is 4. The van der Waals surface area contributed by atoms with Crippen molar-refractivity contribution in [3.8, 4) is 11.8 Å². The Labute approximate surface area is 180 Å². The first kappa shape index (κ1) is 23.1. The van der Waals surface area contributed by atoms with Crippen LogP contribution in [-0.2, 0) is 19.4 Å². The van der Waals surface area contributed by atoms with Gasteiger partial charge >= 0.3 is 12.1 Å². The van der Waals surface area contributed by atoms with E-state index in [2.05, 4.69) is 4.74 Å². The van der Waals surface area contributed by atoms with Crippen LogP contribution in [-0.4, -0.2) is 60.9 Å². The number of nitrogens with zero attached hydrogens (tertiary/aromatic N) is 2. The Bertz CT molecular complexity index is 1070. The monoisotopic (exact) mass is 480 g/mol. The van der Waals surface area contributed by atoms with E-state index >= 15 is 0 Å². The van der Waals surface area contributed by atoms with Gasteiger partial charge in [-0.15, -0.1) is 0 Å². The van der Waals surface area contributed by atoms with Crippen molar-refractivity contribution in [3.05, 3.63) is 23.2 Å². The zero-order valence-corrected chi connectivity index (χ0v) is 17.3. The van der Waals surface area contributed by atoms with Crippen LogP contribution in [0.2, 0.25) is 5.02 Å². The van der Waals surface area contributed by atoms with Gasteiger partial charge in [0.2, 0.25) is 5.91 Å². The van der Waals surface area contributed by atoms with E-state index in [4.69, 9.17) is 11.6 Å².